The lowest BCUT2D eigenvalue weighted by molar-refractivity contribution is -0.384. The number of hydrogen-bond donors (Lipinski definition) is 1. The third kappa shape index (κ3) is 6.49. The van der Waals surface area contributed by atoms with Gasteiger partial charge in [-0.05, 0) is 54.6 Å². The molecule has 1 fully saturated rings. The summed E-state index contributed by atoms with van der Waals surface area (Å²) in [6.45, 7) is 2.67. The van der Waals surface area contributed by atoms with Crippen molar-refractivity contribution in [1.29, 1.82) is 0 Å². The molecule has 204 valence electrons. The van der Waals surface area contributed by atoms with Crippen molar-refractivity contribution in [2.45, 2.75) is 5.22 Å². The van der Waals surface area contributed by atoms with Gasteiger partial charge in [-0.25, -0.2) is 0 Å². The van der Waals surface area contributed by atoms with Crippen molar-refractivity contribution in [2.75, 3.05) is 42.1 Å². The first kappa shape index (κ1) is 27.3. The van der Waals surface area contributed by atoms with Gasteiger partial charge in [0.2, 0.25) is 5.91 Å². The number of carbonyl (C=O) groups is 2. The van der Waals surface area contributed by atoms with Crippen LogP contribution in [0.25, 0.3) is 11.5 Å². The Balaban J connectivity index is 1.10. The molecule has 40 heavy (non-hydrogen) atoms. The van der Waals surface area contributed by atoms with E-state index >= 15 is 0 Å². The van der Waals surface area contributed by atoms with Crippen molar-refractivity contribution >= 4 is 56.6 Å². The summed E-state index contributed by atoms with van der Waals surface area (Å²) in [5.74, 6) is -0.192. The number of piperazine rings is 1. The molecule has 0 bridgehead atoms. The summed E-state index contributed by atoms with van der Waals surface area (Å²) in [5.41, 5.74) is 2.41. The second-order valence-electron chi connectivity index (χ2n) is 8.82. The van der Waals surface area contributed by atoms with Crippen LogP contribution in [0, 0.1) is 10.1 Å². The molecule has 3 aromatic carbocycles. The highest BCUT2D eigenvalue weighted by Gasteiger charge is 2.23. The van der Waals surface area contributed by atoms with Crippen molar-refractivity contribution in [2.24, 2.45) is 0 Å². The maximum absolute atomic E-state index is 12.8. The minimum atomic E-state index is -0.517. The third-order valence-corrected chi connectivity index (χ3v) is 7.59. The lowest BCUT2D eigenvalue weighted by atomic mass is 10.1. The van der Waals surface area contributed by atoms with Crippen LogP contribution in [0.5, 0.6) is 0 Å². The summed E-state index contributed by atoms with van der Waals surface area (Å²) < 4.78 is 6.46. The number of nitro benzene ring substituents is 1. The van der Waals surface area contributed by atoms with Crippen molar-refractivity contribution in [1.82, 2.24) is 15.1 Å². The van der Waals surface area contributed by atoms with E-state index in [4.69, 9.17) is 4.42 Å². The van der Waals surface area contributed by atoms with Crippen molar-refractivity contribution in [3.8, 4) is 11.5 Å². The Bertz CT molecular complexity index is 1520. The lowest BCUT2D eigenvalue weighted by Crippen LogP contribution is -2.48. The summed E-state index contributed by atoms with van der Waals surface area (Å²) in [4.78, 5) is 40.0. The second-order valence-corrected chi connectivity index (χ2v) is 10.7. The highest BCUT2D eigenvalue weighted by molar-refractivity contribution is 9.10. The summed E-state index contributed by atoms with van der Waals surface area (Å²) in [6.07, 6.45) is 0. The van der Waals surface area contributed by atoms with Crippen LogP contribution in [-0.4, -0.2) is 63.8 Å². The predicted molar refractivity (Wildman–Crippen MR) is 154 cm³/mol. The summed E-state index contributed by atoms with van der Waals surface area (Å²) in [7, 11) is 0. The van der Waals surface area contributed by atoms with E-state index in [0.29, 0.717) is 37.4 Å². The Labute approximate surface area is 241 Å². The number of hydrogen-bond acceptors (Lipinski definition) is 9. The number of halogens is 1. The van der Waals surface area contributed by atoms with E-state index in [0.717, 1.165) is 21.9 Å². The molecule has 1 saturated heterocycles. The number of rotatable bonds is 8. The Hall–Kier alpha value is -4.23. The molecule has 0 saturated carbocycles. The van der Waals surface area contributed by atoms with E-state index in [9.17, 15) is 19.7 Å². The number of aromatic nitrogens is 2. The minimum absolute atomic E-state index is 0.0179. The average molecular weight is 623 g/mol. The standard InChI is InChI=1S/C27H23BrN6O5S/c28-19-7-5-18(6-8-19)26(36)33-15-13-32(14-16-33)21-11-9-20(10-12-21)29-24(35)17-40-27-31-30-25(39-27)22-3-1-2-4-23(22)34(37)38/h1-12H,13-17H2,(H,29,35). The van der Waals surface area contributed by atoms with E-state index in [1.807, 2.05) is 53.4 Å². The van der Waals surface area contributed by atoms with Gasteiger partial charge in [0.1, 0.15) is 5.56 Å². The predicted octanol–water partition coefficient (Wildman–Crippen LogP) is 5.10. The molecule has 4 aromatic rings. The molecule has 13 heteroatoms. The number of para-hydroxylation sites is 1. The van der Waals surface area contributed by atoms with E-state index in [1.54, 1.807) is 12.1 Å². The molecule has 1 N–H and O–H groups in total. The molecule has 0 unspecified atom stereocenters. The molecule has 1 aromatic heterocycles. The van der Waals surface area contributed by atoms with Gasteiger partial charge in [-0.3, -0.25) is 19.7 Å². The van der Waals surface area contributed by atoms with Gasteiger partial charge in [0.25, 0.3) is 22.7 Å². The quantitative estimate of drug-likeness (QED) is 0.162. The topological polar surface area (TPSA) is 135 Å². The van der Waals surface area contributed by atoms with Gasteiger partial charge in [-0.15, -0.1) is 10.2 Å². The Morgan fingerprint density at radius 3 is 2.38 bits per heavy atom. The molecule has 0 radical (unpaired) electrons. The van der Waals surface area contributed by atoms with E-state index in [2.05, 4.69) is 36.3 Å². The van der Waals surface area contributed by atoms with E-state index in [-0.39, 0.29) is 39.9 Å². The van der Waals surface area contributed by atoms with Gasteiger partial charge in [0, 0.05) is 53.7 Å². The summed E-state index contributed by atoms with van der Waals surface area (Å²) in [5, 5.41) is 22.0. The maximum atomic E-state index is 12.8. The van der Waals surface area contributed by atoms with E-state index < -0.39 is 4.92 Å². The minimum Gasteiger partial charge on any atom is -0.411 e. The van der Waals surface area contributed by atoms with Crippen LogP contribution in [0.3, 0.4) is 0 Å². The number of carbonyl (C=O) groups excluding carboxylic acids is 2. The van der Waals surface area contributed by atoms with Crippen molar-refractivity contribution in [3.63, 3.8) is 0 Å². The monoisotopic (exact) mass is 622 g/mol. The summed E-state index contributed by atoms with van der Waals surface area (Å²) >= 11 is 4.43. The molecule has 2 heterocycles. The lowest BCUT2D eigenvalue weighted by Gasteiger charge is -2.36. The first-order chi connectivity index (χ1) is 19.4. The van der Waals surface area contributed by atoms with Gasteiger partial charge in [-0.2, -0.15) is 0 Å². The molecule has 1 aliphatic rings. The third-order valence-electron chi connectivity index (χ3n) is 6.24. The van der Waals surface area contributed by atoms with Gasteiger partial charge in [0.05, 0.1) is 10.7 Å². The molecule has 0 spiro atoms. The number of anilines is 2. The Morgan fingerprint density at radius 1 is 0.975 bits per heavy atom. The van der Waals surface area contributed by atoms with Gasteiger partial charge in [-0.1, -0.05) is 39.8 Å². The highest BCUT2D eigenvalue weighted by Crippen LogP contribution is 2.30. The fourth-order valence-electron chi connectivity index (χ4n) is 4.21. The van der Waals surface area contributed by atoms with Crippen LogP contribution in [0.2, 0.25) is 0 Å². The van der Waals surface area contributed by atoms with E-state index in [1.165, 1.54) is 12.1 Å². The second kappa shape index (κ2) is 12.3. The molecule has 2 amide bonds. The Morgan fingerprint density at radius 2 is 1.68 bits per heavy atom. The number of thioether (sulfide) groups is 1. The zero-order valence-corrected chi connectivity index (χ0v) is 23.4. The number of nitrogens with zero attached hydrogens (tertiary/aromatic N) is 5. The molecule has 0 atom stereocenters. The zero-order valence-electron chi connectivity index (χ0n) is 21.0. The number of amides is 2. The van der Waals surface area contributed by atoms with Crippen LogP contribution in [0.1, 0.15) is 10.4 Å². The molecule has 11 nitrogen and oxygen atoms in total. The first-order valence-corrected chi connectivity index (χ1v) is 14.0. The fourth-order valence-corrected chi connectivity index (χ4v) is 5.04. The SMILES string of the molecule is O=C(CSc1nnc(-c2ccccc2[N+](=O)[O-])o1)Nc1ccc(N2CCN(C(=O)c3ccc(Br)cc3)CC2)cc1. The molecule has 5 rings (SSSR count). The summed E-state index contributed by atoms with van der Waals surface area (Å²) in [6, 6.07) is 21.0. The highest BCUT2D eigenvalue weighted by atomic mass is 79.9. The normalized spacial score (nSPS) is 13.2. The van der Waals surface area contributed by atoms with Crippen LogP contribution in [0.15, 0.2) is 86.9 Å². The maximum Gasteiger partial charge on any atom is 0.282 e. The first-order valence-electron chi connectivity index (χ1n) is 12.3. The van der Waals surface area contributed by atoms with Gasteiger partial charge < -0.3 is 19.5 Å². The number of nitro groups is 1. The fraction of sp³-hybridized carbons (Fsp3) is 0.185. The number of nitrogens with one attached hydrogen (secondary N) is 1. The van der Waals surface area contributed by atoms with Crippen LogP contribution >= 0.6 is 27.7 Å². The molecule has 0 aliphatic carbocycles. The van der Waals surface area contributed by atoms with Gasteiger partial charge >= 0.3 is 0 Å². The van der Waals surface area contributed by atoms with Gasteiger partial charge in [0.15, 0.2) is 0 Å². The number of benzene rings is 3. The van der Waals surface area contributed by atoms with Crippen LogP contribution in [0.4, 0.5) is 17.1 Å². The average Bonchev–Trinajstić information content (AvgIpc) is 3.46. The smallest absolute Gasteiger partial charge is 0.282 e. The van der Waals surface area contributed by atoms with Crippen molar-refractivity contribution < 1.29 is 18.9 Å². The Kier molecular flexibility index (Phi) is 8.41. The van der Waals surface area contributed by atoms with Crippen molar-refractivity contribution in [3.05, 3.63) is 92.9 Å². The largest absolute Gasteiger partial charge is 0.411 e. The van der Waals surface area contributed by atoms with Crippen LogP contribution in [-0.2, 0) is 4.79 Å². The molecule has 1 aliphatic heterocycles. The molecular formula is C27H23BrN6O5S. The zero-order chi connectivity index (χ0) is 28.1. The van der Waals surface area contributed by atoms with Crippen LogP contribution < -0.4 is 10.2 Å². The molecular weight excluding hydrogens is 600 g/mol.